The summed E-state index contributed by atoms with van der Waals surface area (Å²) in [6, 6.07) is 16.6. The molecule has 150 valence electrons. The van der Waals surface area contributed by atoms with Crippen LogP contribution < -0.4 is 15.5 Å². The monoisotopic (exact) mass is 391 g/mol. The van der Waals surface area contributed by atoms with E-state index in [1.54, 1.807) is 30.3 Å². The summed E-state index contributed by atoms with van der Waals surface area (Å²) in [5.41, 5.74) is 2.97. The van der Waals surface area contributed by atoms with E-state index >= 15 is 0 Å². The second-order valence-corrected chi connectivity index (χ2v) is 6.54. The molecular formula is C22H25N5O2. The standard InChI is InChI=1S/C22H25N5O2/c1-4-27(5-2)19-11-9-17(10-12-19)25-20-14-21(24-15(3)23-20)26-18-8-6-7-16(13-18)22(28)29/h6-14H,4-5H2,1-3H3,(H,28,29)(H2,23,24,25,26). The molecule has 3 N–H and O–H groups in total. The number of benzene rings is 2. The topological polar surface area (TPSA) is 90.4 Å². The van der Waals surface area contributed by atoms with E-state index in [2.05, 4.69) is 51.5 Å². The highest BCUT2D eigenvalue weighted by Gasteiger charge is 2.07. The normalized spacial score (nSPS) is 10.4. The molecule has 29 heavy (non-hydrogen) atoms. The number of aryl methyl sites for hydroxylation is 1. The van der Waals surface area contributed by atoms with Crippen LogP contribution in [0.3, 0.4) is 0 Å². The minimum Gasteiger partial charge on any atom is -0.478 e. The first-order valence-electron chi connectivity index (χ1n) is 9.56. The molecule has 0 spiro atoms. The first-order chi connectivity index (χ1) is 14.0. The predicted molar refractivity (Wildman–Crippen MR) is 117 cm³/mol. The van der Waals surface area contributed by atoms with Crippen LogP contribution in [0.2, 0.25) is 0 Å². The van der Waals surface area contributed by atoms with E-state index in [-0.39, 0.29) is 5.56 Å². The zero-order valence-electron chi connectivity index (χ0n) is 16.8. The first kappa shape index (κ1) is 20.1. The number of hydrogen-bond acceptors (Lipinski definition) is 6. The maximum atomic E-state index is 11.2. The largest absolute Gasteiger partial charge is 0.478 e. The summed E-state index contributed by atoms with van der Waals surface area (Å²) < 4.78 is 0. The number of rotatable bonds is 8. The quantitative estimate of drug-likeness (QED) is 0.507. The first-order valence-corrected chi connectivity index (χ1v) is 9.56. The number of aromatic nitrogens is 2. The number of nitrogens with one attached hydrogen (secondary N) is 2. The van der Waals surface area contributed by atoms with Crippen molar-refractivity contribution in [2.75, 3.05) is 28.6 Å². The molecule has 2 aromatic carbocycles. The Morgan fingerprint density at radius 3 is 2.14 bits per heavy atom. The van der Waals surface area contributed by atoms with Crippen molar-refractivity contribution in [2.45, 2.75) is 20.8 Å². The van der Waals surface area contributed by atoms with Gasteiger partial charge in [-0.3, -0.25) is 0 Å². The maximum absolute atomic E-state index is 11.2. The van der Waals surface area contributed by atoms with Crippen molar-refractivity contribution in [3.8, 4) is 0 Å². The Labute approximate surface area is 170 Å². The molecule has 0 radical (unpaired) electrons. The molecular weight excluding hydrogens is 366 g/mol. The van der Waals surface area contributed by atoms with E-state index in [9.17, 15) is 4.79 Å². The molecule has 0 aliphatic heterocycles. The molecule has 0 bridgehead atoms. The molecule has 7 heteroatoms. The molecule has 0 saturated carbocycles. The summed E-state index contributed by atoms with van der Waals surface area (Å²) in [6.45, 7) is 8.02. The van der Waals surface area contributed by atoms with Crippen LogP contribution in [0.4, 0.5) is 28.7 Å². The van der Waals surface area contributed by atoms with Crippen molar-refractivity contribution in [2.24, 2.45) is 0 Å². The lowest BCUT2D eigenvalue weighted by Gasteiger charge is -2.21. The third-order valence-electron chi connectivity index (χ3n) is 4.49. The molecule has 0 aliphatic carbocycles. The van der Waals surface area contributed by atoms with Gasteiger partial charge < -0.3 is 20.6 Å². The van der Waals surface area contributed by atoms with Crippen LogP contribution in [0.15, 0.2) is 54.6 Å². The Bertz CT molecular complexity index is 985. The van der Waals surface area contributed by atoms with E-state index in [1.165, 1.54) is 5.69 Å². The SMILES string of the molecule is CCN(CC)c1ccc(Nc2cc(Nc3cccc(C(=O)O)c3)nc(C)n2)cc1. The molecule has 0 fully saturated rings. The van der Waals surface area contributed by atoms with Crippen molar-refractivity contribution in [1.29, 1.82) is 0 Å². The highest BCUT2D eigenvalue weighted by atomic mass is 16.4. The fourth-order valence-corrected chi connectivity index (χ4v) is 3.07. The van der Waals surface area contributed by atoms with Crippen LogP contribution in [-0.4, -0.2) is 34.1 Å². The van der Waals surface area contributed by atoms with Gasteiger partial charge in [-0.2, -0.15) is 0 Å². The third kappa shape index (κ3) is 5.22. The van der Waals surface area contributed by atoms with Gasteiger partial charge in [-0.25, -0.2) is 14.8 Å². The molecule has 0 aliphatic rings. The van der Waals surface area contributed by atoms with Crippen molar-refractivity contribution >= 4 is 34.7 Å². The van der Waals surface area contributed by atoms with Gasteiger partial charge in [0.2, 0.25) is 0 Å². The number of carboxylic acid groups (broad SMARTS) is 1. The highest BCUT2D eigenvalue weighted by Crippen LogP contribution is 2.23. The molecule has 0 unspecified atom stereocenters. The molecule has 7 nitrogen and oxygen atoms in total. The number of hydrogen-bond donors (Lipinski definition) is 3. The fourth-order valence-electron chi connectivity index (χ4n) is 3.07. The summed E-state index contributed by atoms with van der Waals surface area (Å²) in [5, 5.41) is 15.6. The van der Waals surface area contributed by atoms with Gasteiger partial charge in [-0.1, -0.05) is 6.07 Å². The molecule has 0 saturated heterocycles. The number of carbonyl (C=O) groups is 1. The molecule has 1 heterocycles. The van der Waals surface area contributed by atoms with E-state index < -0.39 is 5.97 Å². The smallest absolute Gasteiger partial charge is 0.335 e. The summed E-state index contributed by atoms with van der Waals surface area (Å²) in [5.74, 6) is 0.877. The summed E-state index contributed by atoms with van der Waals surface area (Å²) >= 11 is 0. The highest BCUT2D eigenvalue weighted by molar-refractivity contribution is 5.89. The fraction of sp³-hybridized carbons (Fsp3) is 0.227. The predicted octanol–water partition coefficient (Wildman–Crippen LogP) is 4.82. The van der Waals surface area contributed by atoms with Gasteiger partial charge in [0.25, 0.3) is 0 Å². The Kier molecular flexibility index (Phi) is 6.29. The van der Waals surface area contributed by atoms with E-state index in [0.29, 0.717) is 23.1 Å². The zero-order valence-corrected chi connectivity index (χ0v) is 16.8. The van der Waals surface area contributed by atoms with Crippen LogP contribution in [0, 0.1) is 6.92 Å². The van der Waals surface area contributed by atoms with Gasteiger partial charge in [0.15, 0.2) is 0 Å². The number of nitrogens with zero attached hydrogens (tertiary/aromatic N) is 3. The minimum atomic E-state index is -0.969. The second kappa shape index (κ2) is 9.05. The van der Waals surface area contributed by atoms with Gasteiger partial charge in [0.1, 0.15) is 17.5 Å². The Morgan fingerprint density at radius 1 is 0.931 bits per heavy atom. The number of aromatic carboxylic acids is 1. The Morgan fingerprint density at radius 2 is 1.55 bits per heavy atom. The van der Waals surface area contributed by atoms with Crippen LogP contribution in [0.25, 0.3) is 0 Å². The van der Waals surface area contributed by atoms with Crippen molar-refractivity contribution < 1.29 is 9.90 Å². The third-order valence-corrected chi connectivity index (χ3v) is 4.49. The lowest BCUT2D eigenvalue weighted by atomic mass is 10.2. The lowest BCUT2D eigenvalue weighted by molar-refractivity contribution is 0.0697. The van der Waals surface area contributed by atoms with E-state index in [1.807, 2.05) is 19.1 Å². The number of anilines is 5. The molecule has 1 aromatic heterocycles. The van der Waals surface area contributed by atoms with Crippen molar-refractivity contribution in [1.82, 2.24) is 9.97 Å². The summed E-state index contributed by atoms with van der Waals surface area (Å²) in [6.07, 6.45) is 0. The summed E-state index contributed by atoms with van der Waals surface area (Å²) in [7, 11) is 0. The van der Waals surface area contributed by atoms with Crippen LogP contribution in [0.5, 0.6) is 0 Å². The van der Waals surface area contributed by atoms with Crippen LogP contribution >= 0.6 is 0 Å². The van der Waals surface area contributed by atoms with E-state index in [4.69, 9.17) is 5.11 Å². The van der Waals surface area contributed by atoms with Gasteiger partial charge in [-0.05, 0) is 63.2 Å². The van der Waals surface area contributed by atoms with Crippen molar-refractivity contribution in [3.63, 3.8) is 0 Å². The van der Waals surface area contributed by atoms with Gasteiger partial charge in [-0.15, -0.1) is 0 Å². The molecule has 3 aromatic rings. The molecule has 0 amide bonds. The Balaban J connectivity index is 1.77. The average molecular weight is 391 g/mol. The maximum Gasteiger partial charge on any atom is 0.335 e. The van der Waals surface area contributed by atoms with Crippen LogP contribution in [-0.2, 0) is 0 Å². The number of carboxylic acids is 1. The van der Waals surface area contributed by atoms with E-state index in [0.717, 1.165) is 18.8 Å². The summed E-state index contributed by atoms with van der Waals surface area (Å²) in [4.78, 5) is 22.3. The minimum absolute atomic E-state index is 0.215. The second-order valence-electron chi connectivity index (χ2n) is 6.54. The van der Waals surface area contributed by atoms with Crippen LogP contribution in [0.1, 0.15) is 30.0 Å². The average Bonchev–Trinajstić information content (AvgIpc) is 2.70. The van der Waals surface area contributed by atoms with Gasteiger partial charge >= 0.3 is 5.97 Å². The molecule has 0 atom stereocenters. The lowest BCUT2D eigenvalue weighted by Crippen LogP contribution is -2.21. The Hall–Kier alpha value is -3.61. The van der Waals surface area contributed by atoms with Crippen molar-refractivity contribution in [3.05, 3.63) is 66.0 Å². The van der Waals surface area contributed by atoms with Gasteiger partial charge in [0.05, 0.1) is 5.56 Å². The zero-order chi connectivity index (χ0) is 20.8. The molecule has 3 rings (SSSR count). The van der Waals surface area contributed by atoms with Gasteiger partial charge in [0, 0.05) is 36.2 Å².